The molecule has 3 heteroatoms. The van der Waals surface area contributed by atoms with Crippen LogP contribution in [-0.4, -0.2) is 17.2 Å². The van der Waals surface area contributed by atoms with Crippen LogP contribution < -0.4 is 4.74 Å². The molecule has 0 amide bonds. The van der Waals surface area contributed by atoms with E-state index in [4.69, 9.17) is 9.84 Å². The third kappa shape index (κ3) is 3.22. The summed E-state index contributed by atoms with van der Waals surface area (Å²) < 4.78 is 5.56. The maximum atomic E-state index is 10.7. The predicted octanol–water partition coefficient (Wildman–Crippen LogP) is 2.74. The molecule has 1 N–H and O–H groups in total. The molecule has 1 aromatic carbocycles. The van der Waals surface area contributed by atoms with Gasteiger partial charge in [-0.15, -0.1) is 0 Å². The van der Waals surface area contributed by atoms with Crippen LogP contribution in [-0.2, 0) is 11.2 Å². The molecule has 0 spiro atoms. The fourth-order valence-corrected chi connectivity index (χ4v) is 2.05. The molecule has 2 unspecified atom stereocenters. The van der Waals surface area contributed by atoms with Crippen molar-refractivity contribution in [2.45, 2.75) is 32.8 Å². The fraction of sp³-hybridized carbons (Fsp3) is 0.500. The van der Waals surface area contributed by atoms with E-state index in [1.165, 1.54) is 5.56 Å². The molecule has 1 fully saturated rings. The zero-order chi connectivity index (χ0) is 12.4. The van der Waals surface area contributed by atoms with Gasteiger partial charge in [0.2, 0.25) is 0 Å². The largest absolute Gasteiger partial charge is 0.491 e. The van der Waals surface area contributed by atoms with Gasteiger partial charge in [-0.05, 0) is 50.3 Å². The van der Waals surface area contributed by atoms with Crippen molar-refractivity contribution in [3.05, 3.63) is 29.8 Å². The lowest BCUT2D eigenvalue weighted by Gasteiger charge is -2.09. The van der Waals surface area contributed by atoms with Crippen LogP contribution in [0.1, 0.15) is 25.8 Å². The lowest BCUT2D eigenvalue weighted by Crippen LogP contribution is -2.05. The van der Waals surface area contributed by atoms with Gasteiger partial charge in [-0.1, -0.05) is 12.1 Å². The second-order valence-corrected chi connectivity index (χ2v) is 4.96. The van der Waals surface area contributed by atoms with E-state index < -0.39 is 5.97 Å². The molecule has 1 saturated carbocycles. The minimum atomic E-state index is -0.658. The summed E-state index contributed by atoms with van der Waals surface area (Å²) in [6.07, 6.45) is 1.86. The number of carboxylic acids is 1. The Bertz CT molecular complexity index is 394. The van der Waals surface area contributed by atoms with Crippen LogP contribution in [0.5, 0.6) is 5.75 Å². The summed E-state index contributed by atoms with van der Waals surface area (Å²) in [6.45, 7) is 3.99. The number of hydrogen-bond acceptors (Lipinski definition) is 2. The Morgan fingerprint density at radius 2 is 2.06 bits per heavy atom. The van der Waals surface area contributed by atoms with Crippen LogP contribution in [0.25, 0.3) is 0 Å². The summed E-state index contributed by atoms with van der Waals surface area (Å²) in [6, 6.07) is 7.95. The molecule has 3 nitrogen and oxygen atoms in total. The van der Waals surface area contributed by atoms with E-state index in [9.17, 15) is 4.79 Å². The summed E-state index contributed by atoms with van der Waals surface area (Å²) in [5, 5.41) is 8.82. The molecule has 1 aliphatic carbocycles. The lowest BCUT2D eigenvalue weighted by atomic mass is 10.1. The van der Waals surface area contributed by atoms with Gasteiger partial charge >= 0.3 is 5.97 Å². The Morgan fingerprint density at radius 3 is 2.53 bits per heavy atom. The number of benzene rings is 1. The average molecular weight is 234 g/mol. The minimum Gasteiger partial charge on any atom is -0.491 e. The van der Waals surface area contributed by atoms with Crippen molar-refractivity contribution in [1.82, 2.24) is 0 Å². The molecular weight excluding hydrogens is 216 g/mol. The first-order chi connectivity index (χ1) is 8.06. The SMILES string of the molecule is CC(C)Oc1ccc(CC2CC2C(=O)O)cc1. The normalized spacial score (nSPS) is 22.5. The molecule has 2 rings (SSSR count). The summed E-state index contributed by atoms with van der Waals surface area (Å²) in [7, 11) is 0. The van der Waals surface area contributed by atoms with Gasteiger partial charge < -0.3 is 9.84 Å². The summed E-state index contributed by atoms with van der Waals surface area (Å²) in [5.41, 5.74) is 1.19. The van der Waals surface area contributed by atoms with Gasteiger partial charge in [0.05, 0.1) is 12.0 Å². The quantitative estimate of drug-likeness (QED) is 0.852. The van der Waals surface area contributed by atoms with Crippen molar-refractivity contribution < 1.29 is 14.6 Å². The summed E-state index contributed by atoms with van der Waals surface area (Å²) in [4.78, 5) is 10.7. The van der Waals surface area contributed by atoms with Gasteiger partial charge in [-0.2, -0.15) is 0 Å². The molecule has 1 aliphatic rings. The van der Waals surface area contributed by atoms with Gasteiger partial charge in [0, 0.05) is 0 Å². The number of carbonyl (C=O) groups is 1. The number of aliphatic carboxylic acids is 1. The third-order valence-electron chi connectivity index (χ3n) is 3.03. The van der Waals surface area contributed by atoms with Crippen LogP contribution in [0.3, 0.4) is 0 Å². The van der Waals surface area contributed by atoms with Crippen molar-refractivity contribution >= 4 is 5.97 Å². The Labute approximate surface area is 101 Å². The first-order valence-corrected chi connectivity index (χ1v) is 6.04. The van der Waals surface area contributed by atoms with E-state index in [-0.39, 0.29) is 12.0 Å². The third-order valence-corrected chi connectivity index (χ3v) is 3.03. The molecule has 0 aliphatic heterocycles. The van der Waals surface area contributed by atoms with Crippen LogP contribution >= 0.6 is 0 Å². The summed E-state index contributed by atoms with van der Waals surface area (Å²) in [5.74, 6) is 0.412. The van der Waals surface area contributed by atoms with E-state index in [0.717, 1.165) is 18.6 Å². The fourth-order valence-electron chi connectivity index (χ4n) is 2.05. The number of ether oxygens (including phenoxy) is 1. The zero-order valence-electron chi connectivity index (χ0n) is 10.2. The van der Waals surface area contributed by atoms with E-state index >= 15 is 0 Å². The first-order valence-electron chi connectivity index (χ1n) is 6.04. The van der Waals surface area contributed by atoms with Gasteiger partial charge in [0.15, 0.2) is 0 Å². The highest BCUT2D eigenvalue weighted by atomic mass is 16.5. The van der Waals surface area contributed by atoms with E-state index in [1.807, 2.05) is 38.1 Å². The van der Waals surface area contributed by atoms with Crippen molar-refractivity contribution in [1.29, 1.82) is 0 Å². The molecule has 0 saturated heterocycles. The van der Waals surface area contributed by atoms with Gasteiger partial charge in [-0.3, -0.25) is 4.79 Å². The highest BCUT2D eigenvalue weighted by molar-refractivity contribution is 5.73. The lowest BCUT2D eigenvalue weighted by molar-refractivity contribution is -0.138. The molecule has 0 heterocycles. The molecule has 92 valence electrons. The standard InChI is InChI=1S/C14H18O3/c1-9(2)17-12-5-3-10(4-6-12)7-11-8-13(11)14(15)16/h3-6,9,11,13H,7-8H2,1-2H3,(H,15,16). The average Bonchev–Trinajstić information content (AvgIpc) is 3.00. The van der Waals surface area contributed by atoms with Crippen LogP contribution in [0.15, 0.2) is 24.3 Å². The maximum Gasteiger partial charge on any atom is 0.306 e. The number of hydrogen-bond donors (Lipinski definition) is 1. The van der Waals surface area contributed by atoms with Gasteiger partial charge in [-0.25, -0.2) is 0 Å². The van der Waals surface area contributed by atoms with Crippen LogP contribution in [0, 0.1) is 11.8 Å². The summed E-state index contributed by atoms with van der Waals surface area (Å²) >= 11 is 0. The molecular formula is C14H18O3. The highest BCUT2D eigenvalue weighted by Gasteiger charge is 2.42. The topological polar surface area (TPSA) is 46.5 Å². The van der Waals surface area contributed by atoms with Crippen LogP contribution in [0.4, 0.5) is 0 Å². The highest BCUT2D eigenvalue weighted by Crippen LogP contribution is 2.41. The van der Waals surface area contributed by atoms with Gasteiger partial charge in [0.25, 0.3) is 0 Å². The zero-order valence-corrected chi connectivity index (χ0v) is 10.2. The second-order valence-electron chi connectivity index (χ2n) is 4.96. The minimum absolute atomic E-state index is 0.124. The predicted molar refractivity (Wildman–Crippen MR) is 65.1 cm³/mol. The second kappa shape index (κ2) is 4.78. The molecule has 0 aromatic heterocycles. The van der Waals surface area contributed by atoms with Crippen molar-refractivity contribution in [2.24, 2.45) is 11.8 Å². The van der Waals surface area contributed by atoms with Crippen molar-refractivity contribution in [2.75, 3.05) is 0 Å². The van der Waals surface area contributed by atoms with Crippen molar-refractivity contribution in [3.8, 4) is 5.75 Å². The van der Waals surface area contributed by atoms with Crippen molar-refractivity contribution in [3.63, 3.8) is 0 Å². The first kappa shape index (κ1) is 12.0. The number of rotatable bonds is 5. The Morgan fingerprint density at radius 1 is 1.41 bits per heavy atom. The monoisotopic (exact) mass is 234 g/mol. The Hall–Kier alpha value is -1.51. The molecule has 17 heavy (non-hydrogen) atoms. The smallest absolute Gasteiger partial charge is 0.306 e. The maximum absolute atomic E-state index is 10.7. The molecule has 2 atom stereocenters. The molecule has 1 aromatic rings. The van der Waals surface area contributed by atoms with E-state index in [1.54, 1.807) is 0 Å². The Kier molecular flexibility index (Phi) is 3.36. The number of carboxylic acid groups (broad SMARTS) is 1. The van der Waals surface area contributed by atoms with E-state index in [0.29, 0.717) is 5.92 Å². The van der Waals surface area contributed by atoms with Gasteiger partial charge in [0.1, 0.15) is 5.75 Å². The molecule has 0 radical (unpaired) electrons. The van der Waals surface area contributed by atoms with Crippen LogP contribution in [0.2, 0.25) is 0 Å². The molecule has 0 bridgehead atoms. The van der Waals surface area contributed by atoms with E-state index in [2.05, 4.69) is 0 Å². The Balaban J connectivity index is 1.89.